The Morgan fingerprint density at radius 3 is 2.62 bits per heavy atom. The maximum atomic E-state index is 3.54. The normalized spacial score (nSPS) is 24.7. The van der Waals surface area contributed by atoms with Gasteiger partial charge in [0.25, 0.3) is 0 Å². The molecule has 76 valence electrons. The molecule has 2 heteroatoms. The summed E-state index contributed by atoms with van der Waals surface area (Å²) in [6.45, 7) is 6.00. The molecule has 2 aliphatic carbocycles. The summed E-state index contributed by atoms with van der Waals surface area (Å²) in [6, 6.07) is 0.876. The van der Waals surface area contributed by atoms with Crippen LogP contribution in [0.1, 0.15) is 39.0 Å². The first-order chi connectivity index (χ1) is 6.29. The van der Waals surface area contributed by atoms with Crippen LogP contribution >= 0.6 is 0 Å². The predicted molar refractivity (Wildman–Crippen MR) is 55.9 cm³/mol. The molecule has 0 aliphatic heterocycles. The van der Waals surface area contributed by atoms with E-state index in [0.717, 1.165) is 6.04 Å². The van der Waals surface area contributed by atoms with Crippen LogP contribution < -0.4 is 10.6 Å². The van der Waals surface area contributed by atoms with E-state index in [1.165, 1.54) is 51.7 Å². The molecule has 0 atom stereocenters. The minimum Gasteiger partial charge on any atom is -0.316 e. The van der Waals surface area contributed by atoms with E-state index >= 15 is 0 Å². The number of hydrogen-bond donors (Lipinski definition) is 2. The van der Waals surface area contributed by atoms with Crippen molar-refractivity contribution in [3.63, 3.8) is 0 Å². The maximum absolute atomic E-state index is 3.54. The van der Waals surface area contributed by atoms with Gasteiger partial charge in [0, 0.05) is 12.6 Å². The molecule has 2 fully saturated rings. The van der Waals surface area contributed by atoms with Crippen LogP contribution in [0.15, 0.2) is 0 Å². The lowest BCUT2D eigenvalue weighted by atomic mass is 10.1. The highest BCUT2D eigenvalue weighted by atomic mass is 15.0. The first-order valence-corrected chi connectivity index (χ1v) is 5.73. The highest BCUT2D eigenvalue weighted by Crippen LogP contribution is 2.43. The van der Waals surface area contributed by atoms with E-state index in [1.54, 1.807) is 0 Å². The van der Waals surface area contributed by atoms with Crippen LogP contribution in [-0.4, -0.2) is 25.7 Å². The third-order valence-electron chi connectivity index (χ3n) is 3.20. The van der Waals surface area contributed by atoms with Crippen molar-refractivity contribution in [2.24, 2.45) is 5.41 Å². The molecule has 2 saturated carbocycles. The van der Waals surface area contributed by atoms with Gasteiger partial charge in [-0.1, -0.05) is 6.92 Å². The summed E-state index contributed by atoms with van der Waals surface area (Å²) in [4.78, 5) is 0. The second kappa shape index (κ2) is 3.97. The molecule has 0 aromatic carbocycles. The van der Waals surface area contributed by atoms with E-state index in [9.17, 15) is 0 Å². The van der Waals surface area contributed by atoms with Crippen LogP contribution in [0, 0.1) is 5.41 Å². The van der Waals surface area contributed by atoms with Gasteiger partial charge in [-0.15, -0.1) is 0 Å². The lowest BCUT2D eigenvalue weighted by Gasteiger charge is -2.09. The average Bonchev–Trinajstić information content (AvgIpc) is 2.96. The lowest BCUT2D eigenvalue weighted by molar-refractivity contribution is 0.488. The molecule has 0 aromatic rings. The Hall–Kier alpha value is -0.0800. The number of nitrogens with one attached hydrogen (secondary N) is 2. The van der Waals surface area contributed by atoms with Crippen LogP contribution in [0.4, 0.5) is 0 Å². The van der Waals surface area contributed by atoms with E-state index in [2.05, 4.69) is 17.6 Å². The van der Waals surface area contributed by atoms with Crippen molar-refractivity contribution >= 4 is 0 Å². The minimum absolute atomic E-state index is 0.671. The first-order valence-electron chi connectivity index (χ1n) is 5.73. The minimum atomic E-state index is 0.671. The molecule has 2 N–H and O–H groups in total. The standard InChI is InChI=1S/C11H22N2/c1-11(5-6-11)9-12-7-2-8-13-10-3-4-10/h10,12-13H,2-9H2,1H3. The van der Waals surface area contributed by atoms with Crippen LogP contribution in [0.25, 0.3) is 0 Å². The zero-order chi connectivity index (χ0) is 9.15. The van der Waals surface area contributed by atoms with Crippen molar-refractivity contribution < 1.29 is 0 Å². The van der Waals surface area contributed by atoms with Crippen molar-refractivity contribution in [1.82, 2.24) is 10.6 Å². The Kier molecular flexibility index (Phi) is 2.89. The Balaban J connectivity index is 1.36. The Labute approximate surface area is 81.5 Å². The Morgan fingerprint density at radius 1 is 1.23 bits per heavy atom. The smallest absolute Gasteiger partial charge is 0.00682 e. The third-order valence-corrected chi connectivity index (χ3v) is 3.20. The van der Waals surface area contributed by atoms with Gasteiger partial charge in [0.05, 0.1) is 0 Å². The number of rotatable bonds is 7. The highest BCUT2D eigenvalue weighted by Gasteiger charge is 2.36. The summed E-state index contributed by atoms with van der Waals surface area (Å²) >= 11 is 0. The second-order valence-electron chi connectivity index (χ2n) is 5.07. The van der Waals surface area contributed by atoms with Crippen LogP contribution in [0.2, 0.25) is 0 Å². The van der Waals surface area contributed by atoms with Crippen LogP contribution in [-0.2, 0) is 0 Å². The first kappa shape index (κ1) is 9.47. The second-order valence-corrected chi connectivity index (χ2v) is 5.07. The van der Waals surface area contributed by atoms with Gasteiger partial charge in [0.1, 0.15) is 0 Å². The molecule has 2 rings (SSSR count). The highest BCUT2D eigenvalue weighted by molar-refractivity contribution is 4.90. The molecular weight excluding hydrogens is 160 g/mol. The fourth-order valence-electron chi connectivity index (χ4n) is 1.59. The fraction of sp³-hybridized carbons (Fsp3) is 1.00. The zero-order valence-corrected chi connectivity index (χ0v) is 8.73. The van der Waals surface area contributed by atoms with E-state index in [-0.39, 0.29) is 0 Å². The summed E-state index contributed by atoms with van der Waals surface area (Å²) < 4.78 is 0. The topological polar surface area (TPSA) is 24.1 Å². The van der Waals surface area contributed by atoms with Crippen LogP contribution in [0.5, 0.6) is 0 Å². The summed E-state index contributed by atoms with van der Waals surface area (Å²) in [5, 5.41) is 7.07. The van der Waals surface area contributed by atoms with Crippen LogP contribution in [0.3, 0.4) is 0 Å². The molecule has 0 radical (unpaired) electrons. The number of hydrogen-bond acceptors (Lipinski definition) is 2. The van der Waals surface area contributed by atoms with Crippen molar-refractivity contribution in [2.45, 2.75) is 45.1 Å². The average molecular weight is 182 g/mol. The molecule has 0 aromatic heterocycles. The van der Waals surface area contributed by atoms with E-state index < -0.39 is 0 Å². The monoisotopic (exact) mass is 182 g/mol. The van der Waals surface area contributed by atoms with Gasteiger partial charge in [-0.25, -0.2) is 0 Å². The molecule has 2 nitrogen and oxygen atoms in total. The molecule has 2 aliphatic rings. The maximum Gasteiger partial charge on any atom is 0.00682 e. The SMILES string of the molecule is CC1(CNCCCNC2CC2)CC1. The van der Waals surface area contributed by atoms with Gasteiger partial charge in [0.15, 0.2) is 0 Å². The molecule has 13 heavy (non-hydrogen) atoms. The summed E-state index contributed by atoms with van der Waals surface area (Å²) in [5.41, 5.74) is 0.671. The van der Waals surface area contributed by atoms with E-state index in [0.29, 0.717) is 5.41 Å². The quantitative estimate of drug-likeness (QED) is 0.583. The van der Waals surface area contributed by atoms with E-state index in [4.69, 9.17) is 0 Å². The largest absolute Gasteiger partial charge is 0.316 e. The molecule has 0 bridgehead atoms. The molecule has 0 spiro atoms. The Morgan fingerprint density at radius 2 is 2.00 bits per heavy atom. The van der Waals surface area contributed by atoms with Gasteiger partial charge < -0.3 is 10.6 Å². The predicted octanol–water partition coefficient (Wildman–Crippen LogP) is 1.52. The van der Waals surface area contributed by atoms with Gasteiger partial charge in [-0.2, -0.15) is 0 Å². The van der Waals surface area contributed by atoms with E-state index in [1.807, 2.05) is 0 Å². The van der Waals surface area contributed by atoms with Gasteiger partial charge >= 0.3 is 0 Å². The summed E-state index contributed by atoms with van der Waals surface area (Å²) in [5.74, 6) is 0. The van der Waals surface area contributed by atoms with Crippen molar-refractivity contribution in [2.75, 3.05) is 19.6 Å². The Bertz CT molecular complexity index is 159. The lowest BCUT2D eigenvalue weighted by Crippen LogP contribution is -2.26. The zero-order valence-electron chi connectivity index (χ0n) is 8.73. The molecule has 0 saturated heterocycles. The molecule has 0 heterocycles. The van der Waals surface area contributed by atoms with Crippen molar-refractivity contribution in [1.29, 1.82) is 0 Å². The molecular formula is C11H22N2. The molecule has 0 amide bonds. The fourth-order valence-corrected chi connectivity index (χ4v) is 1.59. The summed E-state index contributed by atoms with van der Waals surface area (Å²) in [7, 11) is 0. The van der Waals surface area contributed by atoms with Gasteiger partial charge in [-0.3, -0.25) is 0 Å². The van der Waals surface area contributed by atoms with Crippen molar-refractivity contribution in [3.05, 3.63) is 0 Å². The third kappa shape index (κ3) is 3.65. The molecule has 0 unspecified atom stereocenters. The van der Waals surface area contributed by atoms with Gasteiger partial charge in [-0.05, 0) is 50.6 Å². The summed E-state index contributed by atoms with van der Waals surface area (Å²) in [6.07, 6.45) is 6.96. The van der Waals surface area contributed by atoms with Crippen molar-refractivity contribution in [3.8, 4) is 0 Å². The van der Waals surface area contributed by atoms with Gasteiger partial charge in [0.2, 0.25) is 0 Å².